The number of aromatic nitrogens is 1. The molecule has 0 aliphatic heterocycles. The van der Waals surface area contributed by atoms with E-state index < -0.39 is 0 Å². The number of hydrogen-bond acceptors (Lipinski definition) is 4. The van der Waals surface area contributed by atoms with Crippen LogP contribution < -0.4 is 20.9 Å². The molecule has 1 rings (SSSR count). The Morgan fingerprint density at radius 2 is 2.00 bits per heavy atom. The molecule has 1 amide bonds. The number of pyridine rings is 1. The van der Waals surface area contributed by atoms with Gasteiger partial charge in [-0.3, -0.25) is 9.79 Å². The standard InChI is InChI=1S/C16H28N6O/c1-16(2,3)21-13(23)11-20-15(17-4)19-10-12-8-7-9-18-14(12)22(5)6/h7-9H,10-11H2,1-6H3,(H,21,23)(H2,17,19,20). The second-order valence-electron chi connectivity index (χ2n) is 6.46. The summed E-state index contributed by atoms with van der Waals surface area (Å²) in [6, 6.07) is 3.91. The van der Waals surface area contributed by atoms with Crippen LogP contribution in [0.1, 0.15) is 26.3 Å². The van der Waals surface area contributed by atoms with Crippen LogP contribution in [0.15, 0.2) is 23.3 Å². The molecule has 0 fully saturated rings. The number of anilines is 1. The molecule has 0 aromatic carbocycles. The lowest BCUT2D eigenvalue weighted by atomic mass is 10.1. The number of nitrogens with zero attached hydrogens (tertiary/aromatic N) is 3. The van der Waals surface area contributed by atoms with Crippen LogP contribution in [0, 0.1) is 0 Å². The summed E-state index contributed by atoms with van der Waals surface area (Å²) in [5, 5.41) is 9.09. The van der Waals surface area contributed by atoms with E-state index in [0.717, 1.165) is 11.4 Å². The van der Waals surface area contributed by atoms with E-state index >= 15 is 0 Å². The van der Waals surface area contributed by atoms with Crippen molar-refractivity contribution < 1.29 is 4.79 Å². The highest BCUT2D eigenvalue weighted by Crippen LogP contribution is 2.13. The molecule has 0 spiro atoms. The highest BCUT2D eigenvalue weighted by molar-refractivity contribution is 5.86. The van der Waals surface area contributed by atoms with Gasteiger partial charge in [-0.2, -0.15) is 0 Å². The zero-order valence-corrected chi connectivity index (χ0v) is 14.9. The Morgan fingerprint density at radius 1 is 1.30 bits per heavy atom. The van der Waals surface area contributed by atoms with E-state index in [1.807, 2.05) is 51.9 Å². The first-order chi connectivity index (χ1) is 10.7. The average molecular weight is 320 g/mol. The summed E-state index contributed by atoms with van der Waals surface area (Å²) in [6.07, 6.45) is 1.77. The lowest BCUT2D eigenvalue weighted by molar-refractivity contribution is -0.121. The summed E-state index contributed by atoms with van der Waals surface area (Å²) in [7, 11) is 5.58. The highest BCUT2D eigenvalue weighted by atomic mass is 16.2. The summed E-state index contributed by atoms with van der Waals surface area (Å²) < 4.78 is 0. The van der Waals surface area contributed by atoms with Gasteiger partial charge in [0.25, 0.3) is 0 Å². The van der Waals surface area contributed by atoms with Crippen molar-refractivity contribution in [3.8, 4) is 0 Å². The minimum absolute atomic E-state index is 0.0733. The predicted molar refractivity (Wildman–Crippen MR) is 94.7 cm³/mol. The van der Waals surface area contributed by atoms with Gasteiger partial charge in [-0.1, -0.05) is 6.07 Å². The molecule has 0 saturated carbocycles. The van der Waals surface area contributed by atoms with E-state index in [9.17, 15) is 4.79 Å². The second-order valence-corrected chi connectivity index (χ2v) is 6.46. The minimum atomic E-state index is -0.244. The van der Waals surface area contributed by atoms with Crippen LogP contribution in [-0.2, 0) is 11.3 Å². The lowest BCUT2D eigenvalue weighted by Crippen LogP contribution is -2.48. The molecule has 7 heteroatoms. The van der Waals surface area contributed by atoms with E-state index in [0.29, 0.717) is 12.5 Å². The number of nitrogens with one attached hydrogen (secondary N) is 3. The first kappa shape index (κ1) is 18.7. The number of rotatable bonds is 5. The number of amides is 1. The third kappa shape index (κ3) is 6.99. The molecule has 1 heterocycles. The van der Waals surface area contributed by atoms with Crippen LogP contribution in [-0.4, -0.2) is 50.1 Å². The minimum Gasteiger partial charge on any atom is -0.362 e. The van der Waals surface area contributed by atoms with Gasteiger partial charge in [-0.05, 0) is 26.8 Å². The van der Waals surface area contributed by atoms with Gasteiger partial charge in [0.2, 0.25) is 5.91 Å². The fourth-order valence-electron chi connectivity index (χ4n) is 2.00. The average Bonchev–Trinajstić information content (AvgIpc) is 2.45. The van der Waals surface area contributed by atoms with Crippen molar-refractivity contribution in [2.75, 3.05) is 32.6 Å². The van der Waals surface area contributed by atoms with E-state index in [2.05, 4.69) is 25.9 Å². The van der Waals surface area contributed by atoms with Crippen LogP contribution in [0.25, 0.3) is 0 Å². The van der Waals surface area contributed by atoms with Gasteiger partial charge < -0.3 is 20.9 Å². The Balaban J connectivity index is 2.54. The van der Waals surface area contributed by atoms with Crippen molar-refractivity contribution in [3.05, 3.63) is 23.9 Å². The smallest absolute Gasteiger partial charge is 0.239 e. The summed E-state index contributed by atoms with van der Waals surface area (Å²) >= 11 is 0. The molecule has 0 saturated heterocycles. The number of guanidine groups is 1. The molecule has 3 N–H and O–H groups in total. The summed E-state index contributed by atoms with van der Waals surface area (Å²) in [6.45, 7) is 6.59. The Hall–Kier alpha value is -2.31. The van der Waals surface area contributed by atoms with Crippen LogP contribution in [0.2, 0.25) is 0 Å². The molecule has 23 heavy (non-hydrogen) atoms. The number of hydrogen-bond donors (Lipinski definition) is 3. The first-order valence-electron chi connectivity index (χ1n) is 7.59. The third-order valence-electron chi connectivity index (χ3n) is 2.89. The Morgan fingerprint density at radius 3 is 2.57 bits per heavy atom. The van der Waals surface area contributed by atoms with Gasteiger partial charge in [-0.15, -0.1) is 0 Å². The number of carbonyl (C=O) groups excluding carboxylic acids is 1. The topological polar surface area (TPSA) is 81.6 Å². The molecule has 0 atom stereocenters. The third-order valence-corrected chi connectivity index (χ3v) is 2.89. The van der Waals surface area contributed by atoms with E-state index in [1.54, 1.807) is 13.2 Å². The fraction of sp³-hybridized carbons (Fsp3) is 0.562. The largest absolute Gasteiger partial charge is 0.362 e. The van der Waals surface area contributed by atoms with Crippen molar-refractivity contribution in [2.24, 2.45) is 4.99 Å². The Bertz CT molecular complexity index is 548. The maximum atomic E-state index is 11.8. The van der Waals surface area contributed by atoms with Gasteiger partial charge in [0.15, 0.2) is 5.96 Å². The Kier molecular flexibility index (Phi) is 6.81. The maximum Gasteiger partial charge on any atom is 0.239 e. The monoisotopic (exact) mass is 320 g/mol. The molecule has 0 radical (unpaired) electrons. The van der Waals surface area contributed by atoms with E-state index in [4.69, 9.17) is 0 Å². The van der Waals surface area contributed by atoms with Crippen molar-refractivity contribution >= 4 is 17.7 Å². The van der Waals surface area contributed by atoms with Gasteiger partial charge in [-0.25, -0.2) is 4.98 Å². The van der Waals surface area contributed by atoms with Crippen LogP contribution in [0.3, 0.4) is 0 Å². The maximum absolute atomic E-state index is 11.8. The van der Waals surface area contributed by atoms with Crippen LogP contribution >= 0.6 is 0 Å². The molecular formula is C16H28N6O. The molecule has 1 aromatic heterocycles. The number of carbonyl (C=O) groups is 1. The normalized spacial score (nSPS) is 11.8. The van der Waals surface area contributed by atoms with Crippen molar-refractivity contribution in [1.29, 1.82) is 0 Å². The van der Waals surface area contributed by atoms with Crippen LogP contribution in [0.4, 0.5) is 5.82 Å². The molecule has 0 unspecified atom stereocenters. The molecule has 7 nitrogen and oxygen atoms in total. The highest BCUT2D eigenvalue weighted by Gasteiger charge is 2.13. The lowest BCUT2D eigenvalue weighted by Gasteiger charge is -2.21. The molecule has 0 aliphatic carbocycles. The predicted octanol–water partition coefficient (Wildman–Crippen LogP) is 0.727. The van der Waals surface area contributed by atoms with Gasteiger partial charge in [0, 0.05) is 45.0 Å². The zero-order chi connectivity index (χ0) is 17.5. The summed E-state index contributed by atoms with van der Waals surface area (Å²) in [4.78, 5) is 22.3. The zero-order valence-electron chi connectivity index (χ0n) is 14.9. The van der Waals surface area contributed by atoms with Crippen LogP contribution in [0.5, 0.6) is 0 Å². The first-order valence-corrected chi connectivity index (χ1v) is 7.59. The van der Waals surface area contributed by atoms with E-state index in [-0.39, 0.29) is 18.0 Å². The fourth-order valence-corrected chi connectivity index (χ4v) is 2.00. The van der Waals surface area contributed by atoms with Gasteiger partial charge >= 0.3 is 0 Å². The van der Waals surface area contributed by atoms with Gasteiger partial charge in [0.1, 0.15) is 5.82 Å². The second kappa shape index (κ2) is 8.36. The molecular weight excluding hydrogens is 292 g/mol. The molecule has 1 aromatic rings. The van der Waals surface area contributed by atoms with Crippen molar-refractivity contribution in [1.82, 2.24) is 20.9 Å². The molecule has 0 bridgehead atoms. The summed E-state index contributed by atoms with van der Waals surface area (Å²) in [5.41, 5.74) is 0.811. The molecule has 128 valence electrons. The quantitative estimate of drug-likeness (QED) is 0.550. The number of aliphatic imine (C=N–C) groups is 1. The van der Waals surface area contributed by atoms with Gasteiger partial charge in [0.05, 0.1) is 6.54 Å². The SMILES string of the molecule is CN=C(NCC(=O)NC(C)(C)C)NCc1cccnc1N(C)C. The van der Waals surface area contributed by atoms with Crippen molar-refractivity contribution in [2.45, 2.75) is 32.9 Å². The van der Waals surface area contributed by atoms with E-state index in [1.165, 1.54) is 0 Å². The summed E-state index contributed by atoms with van der Waals surface area (Å²) in [5.74, 6) is 1.40. The van der Waals surface area contributed by atoms with Crippen molar-refractivity contribution in [3.63, 3.8) is 0 Å². The molecule has 0 aliphatic rings. The Labute approximate surface area is 138 Å².